The van der Waals surface area contributed by atoms with Gasteiger partial charge in [0.05, 0.1) is 0 Å². The lowest BCUT2D eigenvalue weighted by molar-refractivity contribution is 0.312. The Balaban J connectivity index is 2.14. The molecule has 5 heteroatoms. The molecule has 17 heavy (non-hydrogen) atoms. The summed E-state index contributed by atoms with van der Waals surface area (Å²) in [7, 11) is 2.16. The number of halogens is 1. The summed E-state index contributed by atoms with van der Waals surface area (Å²) in [6.07, 6.45) is 2.03. The second kappa shape index (κ2) is 5.78. The molecule has 0 amide bonds. The van der Waals surface area contributed by atoms with Crippen LogP contribution in [-0.2, 0) is 6.42 Å². The maximum atomic E-state index is 4.64. The Morgan fingerprint density at radius 2 is 1.94 bits per heavy atom. The number of likely N-dealkylation sites (N-methyl/N-ethyl adjacent to an activating group) is 1. The van der Waals surface area contributed by atoms with E-state index < -0.39 is 0 Å². The van der Waals surface area contributed by atoms with Crippen LogP contribution in [0.1, 0.15) is 19.2 Å². The Kier molecular flexibility index (Phi) is 4.34. The second-order valence-electron chi connectivity index (χ2n) is 4.51. The summed E-state index contributed by atoms with van der Waals surface area (Å²) in [5, 5.41) is 0. The first-order valence-corrected chi connectivity index (χ1v) is 6.95. The van der Waals surface area contributed by atoms with Gasteiger partial charge in [0.2, 0.25) is 0 Å². The van der Waals surface area contributed by atoms with Crippen molar-refractivity contribution in [2.45, 2.75) is 19.8 Å². The minimum absolute atomic E-state index is 0.893. The van der Waals surface area contributed by atoms with Crippen molar-refractivity contribution in [3.8, 4) is 0 Å². The smallest absolute Gasteiger partial charge is 0.133 e. The van der Waals surface area contributed by atoms with Crippen molar-refractivity contribution in [3.05, 3.63) is 16.5 Å². The molecule has 0 unspecified atom stereocenters. The van der Waals surface area contributed by atoms with Gasteiger partial charge in [0.1, 0.15) is 16.2 Å². The number of rotatable bonds is 3. The Hall–Kier alpha value is -0.680. The Labute approximate surface area is 111 Å². The van der Waals surface area contributed by atoms with E-state index in [1.807, 2.05) is 6.07 Å². The van der Waals surface area contributed by atoms with E-state index in [4.69, 9.17) is 0 Å². The van der Waals surface area contributed by atoms with Crippen molar-refractivity contribution in [1.29, 1.82) is 0 Å². The van der Waals surface area contributed by atoms with E-state index in [9.17, 15) is 0 Å². The summed E-state index contributed by atoms with van der Waals surface area (Å²) in [5.74, 6) is 2.00. The molecule has 0 radical (unpaired) electrons. The minimum Gasteiger partial charge on any atom is -0.354 e. The predicted molar refractivity (Wildman–Crippen MR) is 73.4 cm³/mol. The van der Waals surface area contributed by atoms with E-state index >= 15 is 0 Å². The molecule has 0 spiro atoms. The molecule has 2 rings (SSSR count). The lowest BCUT2D eigenvalue weighted by Gasteiger charge is -2.33. The Bertz CT molecular complexity index is 375. The third-order valence-corrected chi connectivity index (χ3v) is 3.43. The van der Waals surface area contributed by atoms with E-state index in [-0.39, 0.29) is 0 Å². The lowest BCUT2D eigenvalue weighted by Crippen LogP contribution is -2.44. The Morgan fingerprint density at radius 3 is 2.59 bits per heavy atom. The number of piperazine rings is 1. The number of hydrogen-bond donors (Lipinski definition) is 0. The van der Waals surface area contributed by atoms with Crippen molar-refractivity contribution >= 4 is 21.7 Å². The highest BCUT2D eigenvalue weighted by molar-refractivity contribution is 9.10. The van der Waals surface area contributed by atoms with Gasteiger partial charge in [-0.25, -0.2) is 9.97 Å². The third-order valence-electron chi connectivity index (χ3n) is 3.03. The van der Waals surface area contributed by atoms with Crippen LogP contribution >= 0.6 is 15.9 Å². The van der Waals surface area contributed by atoms with E-state index in [0.717, 1.165) is 55.3 Å². The summed E-state index contributed by atoms with van der Waals surface area (Å²) >= 11 is 3.47. The van der Waals surface area contributed by atoms with Crippen LogP contribution in [0, 0.1) is 0 Å². The maximum Gasteiger partial charge on any atom is 0.133 e. The van der Waals surface area contributed by atoms with Gasteiger partial charge in [-0.1, -0.05) is 6.92 Å². The summed E-state index contributed by atoms with van der Waals surface area (Å²) in [4.78, 5) is 13.7. The number of hydrogen-bond acceptors (Lipinski definition) is 4. The van der Waals surface area contributed by atoms with Gasteiger partial charge in [-0.3, -0.25) is 0 Å². The van der Waals surface area contributed by atoms with E-state index in [2.05, 4.69) is 49.7 Å². The third kappa shape index (κ3) is 3.39. The fourth-order valence-corrected chi connectivity index (χ4v) is 2.39. The minimum atomic E-state index is 0.893. The fraction of sp³-hybridized carbons (Fsp3) is 0.667. The van der Waals surface area contributed by atoms with Gasteiger partial charge in [0.25, 0.3) is 0 Å². The van der Waals surface area contributed by atoms with E-state index in [1.165, 1.54) is 0 Å². The molecule has 4 nitrogen and oxygen atoms in total. The average molecular weight is 299 g/mol. The SMILES string of the molecule is CCCc1nc(Br)cc(N2CCN(C)CC2)n1. The molecule has 1 aromatic heterocycles. The normalized spacial score (nSPS) is 17.5. The summed E-state index contributed by atoms with van der Waals surface area (Å²) in [6, 6.07) is 2.02. The van der Waals surface area contributed by atoms with Crippen LogP contribution in [0.2, 0.25) is 0 Å². The highest BCUT2D eigenvalue weighted by atomic mass is 79.9. The van der Waals surface area contributed by atoms with Gasteiger partial charge in [0.15, 0.2) is 0 Å². The highest BCUT2D eigenvalue weighted by Gasteiger charge is 2.16. The quantitative estimate of drug-likeness (QED) is 0.799. The summed E-state index contributed by atoms with van der Waals surface area (Å²) < 4.78 is 0.893. The number of aromatic nitrogens is 2. The molecule has 0 atom stereocenters. The van der Waals surface area contributed by atoms with Gasteiger partial charge < -0.3 is 9.80 Å². The zero-order valence-electron chi connectivity index (χ0n) is 10.5. The van der Waals surface area contributed by atoms with Crippen molar-refractivity contribution in [2.24, 2.45) is 0 Å². The van der Waals surface area contributed by atoms with Gasteiger partial charge in [0, 0.05) is 38.7 Å². The molecular weight excluding hydrogens is 280 g/mol. The van der Waals surface area contributed by atoms with Crippen molar-refractivity contribution in [1.82, 2.24) is 14.9 Å². The highest BCUT2D eigenvalue weighted by Crippen LogP contribution is 2.18. The van der Waals surface area contributed by atoms with E-state index in [1.54, 1.807) is 0 Å². The van der Waals surface area contributed by atoms with Crippen molar-refractivity contribution in [2.75, 3.05) is 38.1 Å². The molecule has 1 aliphatic rings. The lowest BCUT2D eigenvalue weighted by atomic mass is 10.3. The molecule has 0 bridgehead atoms. The average Bonchev–Trinajstić information content (AvgIpc) is 2.29. The molecule has 1 aromatic rings. The molecule has 0 aromatic carbocycles. The van der Waals surface area contributed by atoms with Crippen LogP contribution in [0.4, 0.5) is 5.82 Å². The second-order valence-corrected chi connectivity index (χ2v) is 5.32. The summed E-state index contributed by atoms with van der Waals surface area (Å²) in [5.41, 5.74) is 0. The molecule has 1 aliphatic heterocycles. The molecule has 1 fully saturated rings. The number of anilines is 1. The first kappa shape index (κ1) is 12.8. The van der Waals surface area contributed by atoms with Gasteiger partial charge in [-0.05, 0) is 29.4 Å². The van der Waals surface area contributed by atoms with Gasteiger partial charge >= 0.3 is 0 Å². The number of nitrogens with zero attached hydrogens (tertiary/aromatic N) is 4. The monoisotopic (exact) mass is 298 g/mol. The zero-order chi connectivity index (χ0) is 12.3. The summed E-state index contributed by atoms with van der Waals surface area (Å²) in [6.45, 7) is 6.45. The van der Waals surface area contributed by atoms with Gasteiger partial charge in [-0.2, -0.15) is 0 Å². The van der Waals surface area contributed by atoms with Crippen LogP contribution < -0.4 is 4.90 Å². The van der Waals surface area contributed by atoms with Crippen LogP contribution in [0.5, 0.6) is 0 Å². The largest absolute Gasteiger partial charge is 0.354 e. The molecule has 0 N–H and O–H groups in total. The van der Waals surface area contributed by atoms with Crippen molar-refractivity contribution in [3.63, 3.8) is 0 Å². The number of aryl methyl sites for hydroxylation is 1. The molecule has 94 valence electrons. The maximum absolute atomic E-state index is 4.64. The van der Waals surface area contributed by atoms with Crippen LogP contribution in [0.25, 0.3) is 0 Å². The van der Waals surface area contributed by atoms with E-state index in [0.29, 0.717) is 0 Å². The predicted octanol–water partition coefficient (Wildman–Crippen LogP) is 1.94. The van der Waals surface area contributed by atoms with Crippen LogP contribution in [0.3, 0.4) is 0 Å². The first-order chi connectivity index (χ1) is 8.19. The molecule has 0 saturated carbocycles. The molecule has 2 heterocycles. The zero-order valence-corrected chi connectivity index (χ0v) is 12.1. The fourth-order valence-electron chi connectivity index (χ4n) is 1.98. The van der Waals surface area contributed by atoms with Crippen molar-refractivity contribution < 1.29 is 0 Å². The van der Waals surface area contributed by atoms with Crippen LogP contribution in [0.15, 0.2) is 10.7 Å². The molecule has 0 aliphatic carbocycles. The molecular formula is C12H19BrN4. The molecule has 1 saturated heterocycles. The van der Waals surface area contributed by atoms with Crippen LogP contribution in [-0.4, -0.2) is 48.1 Å². The van der Waals surface area contributed by atoms with Gasteiger partial charge in [-0.15, -0.1) is 0 Å². The standard InChI is InChI=1S/C12H19BrN4/c1-3-4-11-14-10(13)9-12(15-11)17-7-5-16(2)6-8-17/h9H,3-8H2,1-2H3. The topological polar surface area (TPSA) is 32.3 Å². The Morgan fingerprint density at radius 1 is 1.24 bits per heavy atom. The first-order valence-electron chi connectivity index (χ1n) is 6.16.